The monoisotopic (exact) mass is 681 g/mol. The van der Waals surface area contributed by atoms with Crippen LogP contribution in [0.1, 0.15) is 36.0 Å². The molecule has 272 valence electrons. The van der Waals surface area contributed by atoms with Crippen molar-refractivity contribution < 1.29 is 55.9 Å². The van der Waals surface area contributed by atoms with Gasteiger partial charge in [-0.25, -0.2) is 0 Å². The maximum absolute atomic E-state index is 12.7. The lowest BCUT2D eigenvalue weighted by atomic mass is 9.95. The predicted octanol–water partition coefficient (Wildman–Crippen LogP) is -2.83. The van der Waals surface area contributed by atoms with Gasteiger partial charge in [-0.1, -0.05) is 42.5 Å². The zero-order chi connectivity index (χ0) is 35.8. The third kappa shape index (κ3) is 13.4. The van der Waals surface area contributed by atoms with Gasteiger partial charge in [-0.3, -0.25) is 9.69 Å². The first-order valence-corrected chi connectivity index (χ1v) is 16.4. The van der Waals surface area contributed by atoms with Crippen molar-refractivity contribution in [3.63, 3.8) is 0 Å². The van der Waals surface area contributed by atoms with Crippen LogP contribution in [-0.4, -0.2) is 157 Å². The van der Waals surface area contributed by atoms with E-state index in [0.29, 0.717) is 13.0 Å². The molecule has 0 aromatic heterocycles. The first kappa shape index (κ1) is 41.6. The first-order valence-electron chi connectivity index (χ1n) is 16.4. The molecule has 0 aliphatic rings. The molecule has 2 aromatic carbocycles. The summed E-state index contributed by atoms with van der Waals surface area (Å²) in [4.78, 5) is 14.0. The number of nitrogens with zero attached hydrogens (tertiary/aromatic N) is 1. The maximum atomic E-state index is 12.7. The Morgan fingerprint density at radius 1 is 0.729 bits per heavy atom. The highest BCUT2D eigenvalue weighted by Crippen LogP contribution is 2.25. The summed E-state index contributed by atoms with van der Waals surface area (Å²) < 4.78 is 0. The maximum Gasteiger partial charge on any atom is 0.220 e. The zero-order valence-electron chi connectivity index (χ0n) is 27.6. The van der Waals surface area contributed by atoms with Gasteiger partial charge in [0.2, 0.25) is 5.91 Å². The first-order chi connectivity index (χ1) is 22.8. The fraction of sp³-hybridized carbons (Fsp3) is 0.618. The lowest BCUT2D eigenvalue weighted by Crippen LogP contribution is -2.54. The van der Waals surface area contributed by atoms with E-state index in [4.69, 9.17) is 15.9 Å². The Kier molecular flexibility index (Phi) is 18.6. The fourth-order valence-electron chi connectivity index (χ4n) is 5.36. The highest BCUT2D eigenvalue weighted by molar-refractivity contribution is 5.76. The number of rotatable bonds is 23. The van der Waals surface area contributed by atoms with Crippen molar-refractivity contribution in [3.8, 4) is 11.1 Å². The fourth-order valence-corrected chi connectivity index (χ4v) is 5.36. The van der Waals surface area contributed by atoms with Crippen LogP contribution in [0.25, 0.3) is 11.1 Å². The molecular weight excluding hydrogens is 626 g/mol. The van der Waals surface area contributed by atoms with E-state index in [9.17, 15) is 45.6 Å². The molecule has 0 radical (unpaired) electrons. The van der Waals surface area contributed by atoms with Crippen LogP contribution in [0.5, 0.6) is 0 Å². The number of aliphatic hydroxyl groups is 10. The molecule has 13 N–H and O–H groups in total. The highest BCUT2D eigenvalue weighted by Gasteiger charge is 2.34. The van der Waals surface area contributed by atoms with Crippen LogP contribution >= 0.6 is 0 Å². The van der Waals surface area contributed by atoms with Gasteiger partial charge >= 0.3 is 0 Å². The standard InChI is InChI=1S/C34H55N3O11/c1-21-16-23(7-11-25(21)24-9-5-22(6-10-24)4-2-3-13-35)8-12-30(44)36-14-15-37(17-26(40)31(45)33(47)28(42)19-38)18-27(41)32(46)34(48)29(43)20-39/h5-7,9-11,16,26-29,31-34,38-43,45-48H,2-4,8,12-15,17-20,35H2,1H3,(H,36,44)/t26-,27-,28+,29+,31+,32+,33+,34+/m0/s1. The molecule has 0 spiro atoms. The number of nitrogens with two attached hydrogens (primary N) is 1. The number of benzene rings is 2. The minimum Gasteiger partial charge on any atom is -0.394 e. The van der Waals surface area contributed by atoms with Gasteiger partial charge in [0.05, 0.1) is 25.4 Å². The van der Waals surface area contributed by atoms with Crippen LogP contribution in [0.2, 0.25) is 0 Å². The van der Waals surface area contributed by atoms with E-state index in [0.717, 1.165) is 41.5 Å². The quantitative estimate of drug-likeness (QED) is 0.0529. The molecule has 0 unspecified atom stereocenters. The van der Waals surface area contributed by atoms with E-state index >= 15 is 0 Å². The van der Waals surface area contributed by atoms with E-state index in [-0.39, 0.29) is 25.4 Å². The van der Waals surface area contributed by atoms with Crippen LogP contribution in [-0.2, 0) is 17.6 Å². The van der Waals surface area contributed by atoms with Crippen molar-refractivity contribution in [1.82, 2.24) is 10.2 Å². The smallest absolute Gasteiger partial charge is 0.220 e. The average molecular weight is 682 g/mol. The minimum absolute atomic E-state index is 0.0176. The Bertz CT molecular complexity index is 1180. The summed E-state index contributed by atoms with van der Waals surface area (Å²) in [6.07, 6.45) is -10.7. The Balaban J connectivity index is 1.96. The van der Waals surface area contributed by atoms with E-state index in [1.54, 1.807) is 0 Å². The Morgan fingerprint density at radius 3 is 1.75 bits per heavy atom. The van der Waals surface area contributed by atoms with E-state index in [1.165, 1.54) is 10.5 Å². The lowest BCUT2D eigenvalue weighted by molar-refractivity contribution is -0.130. The third-order valence-corrected chi connectivity index (χ3v) is 8.41. The molecule has 0 saturated heterocycles. The molecule has 48 heavy (non-hydrogen) atoms. The summed E-state index contributed by atoms with van der Waals surface area (Å²) >= 11 is 0. The molecule has 14 nitrogen and oxygen atoms in total. The number of amides is 1. The van der Waals surface area contributed by atoms with Gasteiger partial charge in [0.1, 0.15) is 36.6 Å². The molecule has 0 heterocycles. The second kappa shape index (κ2) is 21.5. The Morgan fingerprint density at radius 2 is 1.25 bits per heavy atom. The number of aliphatic hydroxyl groups excluding tert-OH is 10. The van der Waals surface area contributed by atoms with E-state index in [2.05, 4.69) is 29.6 Å². The molecule has 0 aliphatic heterocycles. The van der Waals surface area contributed by atoms with Crippen LogP contribution in [0.4, 0.5) is 0 Å². The molecule has 2 aromatic rings. The van der Waals surface area contributed by atoms with Crippen molar-refractivity contribution in [3.05, 3.63) is 59.2 Å². The van der Waals surface area contributed by atoms with E-state index in [1.807, 2.05) is 25.1 Å². The van der Waals surface area contributed by atoms with Crippen molar-refractivity contribution in [2.75, 3.05) is 45.9 Å². The third-order valence-electron chi connectivity index (χ3n) is 8.41. The van der Waals surface area contributed by atoms with Gasteiger partial charge in [-0.15, -0.1) is 0 Å². The number of hydrogen-bond donors (Lipinski definition) is 12. The summed E-state index contributed by atoms with van der Waals surface area (Å²) in [5, 5.41) is 101. The topological polar surface area (TPSA) is 261 Å². The Labute approximate surface area is 281 Å². The SMILES string of the molecule is Cc1cc(CCC(=O)NCCN(C[C@H](O)[C@@H](O)[C@H](O)[C@H](O)CO)C[C@H](O)[C@@H](O)[C@H](O)[C@H](O)CO)ccc1-c1ccc(CCCCN)cc1. The van der Waals surface area contributed by atoms with Crippen molar-refractivity contribution in [1.29, 1.82) is 0 Å². The van der Waals surface area contributed by atoms with Gasteiger partial charge < -0.3 is 62.1 Å². The summed E-state index contributed by atoms with van der Waals surface area (Å²) in [6.45, 7) is 0.136. The number of nitrogens with one attached hydrogen (secondary N) is 1. The van der Waals surface area contributed by atoms with Crippen LogP contribution in [0.15, 0.2) is 42.5 Å². The Hall–Kier alpha value is -2.57. The van der Waals surface area contributed by atoms with Gasteiger partial charge in [-0.2, -0.15) is 0 Å². The molecule has 2 rings (SSSR count). The molecule has 14 heteroatoms. The second-order valence-electron chi connectivity index (χ2n) is 12.3. The summed E-state index contributed by atoms with van der Waals surface area (Å²) in [5.41, 5.74) is 11.1. The molecule has 0 saturated carbocycles. The zero-order valence-corrected chi connectivity index (χ0v) is 27.6. The normalized spacial score (nSPS) is 16.9. The number of carbonyl (C=O) groups is 1. The van der Waals surface area contributed by atoms with E-state index < -0.39 is 75.1 Å². The highest BCUT2D eigenvalue weighted by atomic mass is 16.4. The van der Waals surface area contributed by atoms with Crippen LogP contribution in [0.3, 0.4) is 0 Å². The molecule has 8 atom stereocenters. The van der Waals surface area contributed by atoms with Gasteiger partial charge in [0, 0.05) is 32.6 Å². The lowest BCUT2D eigenvalue weighted by Gasteiger charge is -2.33. The second-order valence-corrected chi connectivity index (χ2v) is 12.3. The number of unbranched alkanes of at least 4 members (excludes halogenated alkanes) is 1. The molecule has 0 bridgehead atoms. The minimum atomic E-state index is -1.89. The molecule has 0 fully saturated rings. The molecule has 0 aliphatic carbocycles. The van der Waals surface area contributed by atoms with Crippen LogP contribution < -0.4 is 11.1 Å². The largest absolute Gasteiger partial charge is 0.394 e. The summed E-state index contributed by atoms with van der Waals surface area (Å²) in [5.74, 6) is -0.272. The summed E-state index contributed by atoms with van der Waals surface area (Å²) in [6, 6.07) is 14.5. The molecule has 1 amide bonds. The number of hydrogen-bond acceptors (Lipinski definition) is 13. The van der Waals surface area contributed by atoms with Gasteiger partial charge in [-0.05, 0) is 67.0 Å². The average Bonchev–Trinajstić information content (AvgIpc) is 3.08. The van der Waals surface area contributed by atoms with Crippen molar-refractivity contribution >= 4 is 5.91 Å². The number of carbonyl (C=O) groups excluding carboxylic acids is 1. The predicted molar refractivity (Wildman–Crippen MR) is 179 cm³/mol. The van der Waals surface area contributed by atoms with Gasteiger partial charge in [0.25, 0.3) is 0 Å². The van der Waals surface area contributed by atoms with Crippen molar-refractivity contribution in [2.24, 2.45) is 5.73 Å². The van der Waals surface area contributed by atoms with Crippen molar-refractivity contribution in [2.45, 2.75) is 87.9 Å². The van der Waals surface area contributed by atoms with Crippen LogP contribution in [0, 0.1) is 6.92 Å². The number of aryl methyl sites for hydroxylation is 3. The summed E-state index contributed by atoms with van der Waals surface area (Å²) in [7, 11) is 0. The van der Waals surface area contributed by atoms with Gasteiger partial charge in [0.15, 0.2) is 0 Å². The molecular formula is C34H55N3O11.